The van der Waals surface area contributed by atoms with Gasteiger partial charge in [-0.05, 0) is 47.9 Å². The molecule has 3 N–H and O–H groups in total. The maximum absolute atomic E-state index is 6.00. The largest absolute Gasteiger partial charge is 0.323 e. The maximum Gasteiger partial charge on any atom is 0.0357 e. The van der Waals surface area contributed by atoms with Crippen LogP contribution in [-0.2, 0) is 12.8 Å². The molecular weight excluding hydrogens is 208 g/mol. The van der Waals surface area contributed by atoms with Crippen molar-refractivity contribution in [2.75, 3.05) is 13.1 Å². The molecule has 0 saturated carbocycles. The number of fused-ring (bicyclic) bond motifs is 1. The van der Waals surface area contributed by atoms with Crippen LogP contribution in [0.5, 0.6) is 0 Å². The van der Waals surface area contributed by atoms with Crippen LogP contribution < -0.4 is 11.1 Å². The Hall–Kier alpha value is -1.12. The quantitative estimate of drug-likeness (QED) is 0.770. The Labute approximate surface area is 103 Å². The summed E-state index contributed by atoms with van der Waals surface area (Å²) in [6.07, 6.45) is 7.39. The molecule has 0 bridgehead atoms. The van der Waals surface area contributed by atoms with Gasteiger partial charge in [-0.3, -0.25) is 0 Å². The second-order valence-corrected chi connectivity index (χ2v) is 5.14. The van der Waals surface area contributed by atoms with Crippen LogP contribution in [0.1, 0.15) is 29.5 Å². The van der Waals surface area contributed by atoms with Crippen molar-refractivity contribution in [3.05, 3.63) is 41.0 Å². The molecule has 2 nitrogen and oxygen atoms in total. The van der Waals surface area contributed by atoms with E-state index in [1.807, 2.05) is 0 Å². The molecule has 1 heterocycles. The molecule has 90 valence electrons. The van der Waals surface area contributed by atoms with E-state index in [0.29, 0.717) is 0 Å². The lowest BCUT2D eigenvalue weighted by molar-refractivity contribution is 0.658. The molecule has 1 aliphatic carbocycles. The lowest BCUT2D eigenvalue weighted by Crippen LogP contribution is -2.37. The van der Waals surface area contributed by atoms with Crippen molar-refractivity contribution in [1.29, 1.82) is 0 Å². The molecule has 0 aromatic heterocycles. The van der Waals surface area contributed by atoms with Crippen LogP contribution >= 0.6 is 0 Å². The molecule has 1 atom stereocenters. The van der Waals surface area contributed by atoms with Crippen LogP contribution in [0, 0.1) is 0 Å². The summed E-state index contributed by atoms with van der Waals surface area (Å²) >= 11 is 0. The van der Waals surface area contributed by atoms with Gasteiger partial charge in [-0.15, -0.1) is 0 Å². The highest BCUT2D eigenvalue weighted by molar-refractivity contribution is 5.72. The summed E-state index contributed by atoms with van der Waals surface area (Å²) in [6, 6.07) is 6.91. The minimum absolute atomic E-state index is 0.165. The lowest BCUT2D eigenvalue weighted by atomic mass is 9.85. The van der Waals surface area contributed by atoms with Crippen LogP contribution in [0.25, 0.3) is 5.57 Å². The molecule has 2 heteroatoms. The molecular formula is C15H20N2. The van der Waals surface area contributed by atoms with Crippen LogP contribution in [0.3, 0.4) is 0 Å². The van der Waals surface area contributed by atoms with Gasteiger partial charge in [0.1, 0.15) is 0 Å². The number of hydrogen-bond donors (Lipinski definition) is 2. The van der Waals surface area contributed by atoms with Crippen molar-refractivity contribution in [3.8, 4) is 0 Å². The summed E-state index contributed by atoms with van der Waals surface area (Å²) in [4.78, 5) is 0. The van der Waals surface area contributed by atoms with Crippen molar-refractivity contribution in [2.45, 2.75) is 31.7 Å². The first-order valence-corrected chi connectivity index (χ1v) is 6.63. The van der Waals surface area contributed by atoms with Gasteiger partial charge in [0.2, 0.25) is 0 Å². The molecule has 2 aliphatic rings. The minimum atomic E-state index is 0.165. The summed E-state index contributed by atoms with van der Waals surface area (Å²) in [7, 11) is 0. The van der Waals surface area contributed by atoms with E-state index in [-0.39, 0.29) is 6.04 Å². The Bertz CT molecular complexity index is 448. The molecule has 1 unspecified atom stereocenters. The summed E-state index contributed by atoms with van der Waals surface area (Å²) in [5.41, 5.74) is 11.9. The second-order valence-electron chi connectivity index (χ2n) is 5.14. The Morgan fingerprint density at radius 3 is 2.94 bits per heavy atom. The van der Waals surface area contributed by atoms with Crippen LogP contribution in [-0.4, -0.2) is 19.1 Å². The molecule has 0 radical (unpaired) electrons. The predicted molar refractivity (Wildman–Crippen MR) is 71.9 cm³/mol. The van der Waals surface area contributed by atoms with Crippen molar-refractivity contribution in [1.82, 2.24) is 5.32 Å². The van der Waals surface area contributed by atoms with E-state index in [2.05, 4.69) is 29.6 Å². The molecule has 0 spiro atoms. The first-order chi connectivity index (χ1) is 8.34. The van der Waals surface area contributed by atoms with Crippen molar-refractivity contribution in [2.24, 2.45) is 5.73 Å². The maximum atomic E-state index is 6.00. The SMILES string of the molecule is NC1C=C(c2cccc3c2CCCC3)CNC1. The third kappa shape index (κ3) is 2.15. The van der Waals surface area contributed by atoms with Gasteiger partial charge in [0.15, 0.2) is 0 Å². The van der Waals surface area contributed by atoms with E-state index in [1.54, 1.807) is 11.1 Å². The molecule has 17 heavy (non-hydrogen) atoms. The molecule has 3 rings (SSSR count). The van der Waals surface area contributed by atoms with E-state index < -0.39 is 0 Å². The third-order valence-corrected chi connectivity index (χ3v) is 3.85. The van der Waals surface area contributed by atoms with Gasteiger partial charge >= 0.3 is 0 Å². The molecule has 1 aromatic carbocycles. The highest BCUT2D eigenvalue weighted by Gasteiger charge is 2.17. The third-order valence-electron chi connectivity index (χ3n) is 3.85. The average Bonchev–Trinajstić information content (AvgIpc) is 2.38. The van der Waals surface area contributed by atoms with Gasteiger partial charge in [-0.25, -0.2) is 0 Å². The zero-order valence-corrected chi connectivity index (χ0v) is 10.2. The van der Waals surface area contributed by atoms with Gasteiger partial charge in [0, 0.05) is 19.1 Å². The van der Waals surface area contributed by atoms with Gasteiger partial charge < -0.3 is 11.1 Å². The zero-order valence-electron chi connectivity index (χ0n) is 10.2. The normalized spacial score (nSPS) is 24.1. The Morgan fingerprint density at radius 2 is 2.06 bits per heavy atom. The average molecular weight is 228 g/mol. The summed E-state index contributed by atoms with van der Waals surface area (Å²) in [5.74, 6) is 0. The standard InChI is InChI=1S/C15H20N2/c16-13-8-12(9-17-10-13)15-7-3-5-11-4-1-2-6-14(11)15/h3,5,7-8,13,17H,1-2,4,6,9-10,16H2. The van der Waals surface area contributed by atoms with Crippen LogP contribution in [0.15, 0.2) is 24.3 Å². The van der Waals surface area contributed by atoms with Gasteiger partial charge in [0.05, 0.1) is 0 Å². The van der Waals surface area contributed by atoms with Crippen LogP contribution in [0.2, 0.25) is 0 Å². The fraction of sp³-hybridized carbons (Fsp3) is 0.467. The first kappa shape index (κ1) is 11.0. The fourth-order valence-corrected chi connectivity index (χ4v) is 3.02. The van der Waals surface area contributed by atoms with Gasteiger partial charge in [-0.1, -0.05) is 24.3 Å². The van der Waals surface area contributed by atoms with Crippen molar-refractivity contribution >= 4 is 5.57 Å². The molecule has 1 aliphatic heterocycles. The van der Waals surface area contributed by atoms with E-state index in [1.165, 1.54) is 36.8 Å². The summed E-state index contributed by atoms with van der Waals surface area (Å²) < 4.78 is 0. The monoisotopic (exact) mass is 228 g/mol. The predicted octanol–water partition coefficient (Wildman–Crippen LogP) is 1.88. The van der Waals surface area contributed by atoms with E-state index in [0.717, 1.165) is 13.1 Å². The fourth-order valence-electron chi connectivity index (χ4n) is 3.02. The summed E-state index contributed by atoms with van der Waals surface area (Å²) in [5, 5.41) is 3.40. The van der Waals surface area contributed by atoms with Crippen molar-refractivity contribution < 1.29 is 0 Å². The highest BCUT2D eigenvalue weighted by atomic mass is 14.9. The van der Waals surface area contributed by atoms with E-state index in [9.17, 15) is 0 Å². The number of rotatable bonds is 1. The van der Waals surface area contributed by atoms with Crippen molar-refractivity contribution in [3.63, 3.8) is 0 Å². The zero-order chi connectivity index (χ0) is 11.7. The minimum Gasteiger partial charge on any atom is -0.323 e. The summed E-state index contributed by atoms with van der Waals surface area (Å²) in [6.45, 7) is 1.86. The number of hydrogen-bond acceptors (Lipinski definition) is 2. The van der Waals surface area contributed by atoms with E-state index in [4.69, 9.17) is 5.73 Å². The Kier molecular flexibility index (Phi) is 3.00. The van der Waals surface area contributed by atoms with Crippen LogP contribution in [0.4, 0.5) is 0 Å². The Morgan fingerprint density at radius 1 is 1.18 bits per heavy atom. The topological polar surface area (TPSA) is 38.0 Å². The smallest absolute Gasteiger partial charge is 0.0357 e. The molecule has 0 saturated heterocycles. The number of nitrogens with two attached hydrogens (primary N) is 1. The number of aryl methyl sites for hydroxylation is 1. The van der Waals surface area contributed by atoms with E-state index >= 15 is 0 Å². The molecule has 0 fully saturated rings. The number of nitrogens with one attached hydrogen (secondary N) is 1. The molecule has 0 amide bonds. The lowest BCUT2D eigenvalue weighted by Gasteiger charge is -2.24. The second kappa shape index (κ2) is 4.63. The van der Waals surface area contributed by atoms with Gasteiger partial charge in [0.25, 0.3) is 0 Å². The first-order valence-electron chi connectivity index (χ1n) is 6.63. The highest BCUT2D eigenvalue weighted by Crippen LogP contribution is 2.29. The number of benzene rings is 1. The van der Waals surface area contributed by atoms with Gasteiger partial charge in [-0.2, -0.15) is 0 Å². The Balaban J connectivity index is 2.02. The molecule has 1 aromatic rings.